The number of benzene rings is 2. The lowest BCUT2D eigenvalue weighted by atomic mass is 10.2. The molecule has 144 valence electrons. The molecule has 2 rings (SSSR count). The summed E-state index contributed by atoms with van der Waals surface area (Å²) >= 11 is 5.88. The first-order valence-corrected chi connectivity index (χ1v) is 9.83. The van der Waals surface area contributed by atoms with E-state index in [1.807, 2.05) is 0 Å². The highest BCUT2D eigenvalue weighted by Crippen LogP contribution is 2.27. The van der Waals surface area contributed by atoms with Gasteiger partial charge in [0.2, 0.25) is 10.0 Å². The van der Waals surface area contributed by atoms with Crippen molar-refractivity contribution in [3.63, 3.8) is 0 Å². The lowest BCUT2D eigenvalue weighted by molar-refractivity contribution is -0.119. The number of methoxy groups -OCH3 is 1. The van der Waals surface area contributed by atoms with E-state index in [9.17, 15) is 18.0 Å². The summed E-state index contributed by atoms with van der Waals surface area (Å²) in [5, 5.41) is 2.94. The Morgan fingerprint density at radius 3 is 2.56 bits per heavy atom. The van der Waals surface area contributed by atoms with E-state index in [4.69, 9.17) is 21.1 Å². The number of nitrogens with one attached hydrogen (secondary N) is 2. The van der Waals surface area contributed by atoms with Crippen LogP contribution in [-0.4, -0.2) is 40.3 Å². The fraction of sp³-hybridized carbons (Fsp3) is 0.176. The number of carbonyl (C=O) groups is 2. The van der Waals surface area contributed by atoms with Gasteiger partial charge in [-0.25, -0.2) is 13.2 Å². The zero-order valence-electron chi connectivity index (χ0n) is 14.5. The molecule has 0 unspecified atom stereocenters. The number of ether oxygens (including phenoxy) is 2. The number of sulfonamides is 1. The normalized spacial score (nSPS) is 10.8. The molecular weight excluding hydrogens is 396 g/mol. The number of amides is 1. The predicted octanol–water partition coefficient (Wildman–Crippen LogP) is 2.52. The summed E-state index contributed by atoms with van der Waals surface area (Å²) in [6.45, 7) is -0.543. The Bertz CT molecular complexity index is 962. The molecule has 0 spiro atoms. The third-order valence-electron chi connectivity index (χ3n) is 3.17. The highest BCUT2D eigenvalue weighted by atomic mass is 35.5. The number of hydrogen-bond acceptors (Lipinski definition) is 6. The average molecular weight is 413 g/mol. The van der Waals surface area contributed by atoms with Crippen LogP contribution in [0.2, 0.25) is 5.02 Å². The molecule has 2 N–H and O–H groups in total. The van der Waals surface area contributed by atoms with Gasteiger partial charge >= 0.3 is 5.97 Å². The molecule has 0 aliphatic rings. The molecule has 2 aromatic rings. The first-order valence-electron chi connectivity index (χ1n) is 7.56. The summed E-state index contributed by atoms with van der Waals surface area (Å²) in [7, 11) is -2.04. The number of hydrogen-bond donors (Lipinski definition) is 2. The van der Waals surface area contributed by atoms with Crippen LogP contribution in [0.15, 0.2) is 42.5 Å². The minimum atomic E-state index is -3.48. The molecule has 0 saturated heterocycles. The SMILES string of the molecule is COc1ccc(Cl)cc1NC(=O)COC(=O)c1cccc(NS(C)(=O)=O)c1. The molecule has 0 radical (unpaired) electrons. The summed E-state index contributed by atoms with van der Waals surface area (Å²) in [6.07, 6.45) is 0.993. The molecule has 27 heavy (non-hydrogen) atoms. The molecule has 2 aromatic carbocycles. The lowest BCUT2D eigenvalue weighted by Crippen LogP contribution is -2.21. The Morgan fingerprint density at radius 1 is 1.15 bits per heavy atom. The fourth-order valence-corrected chi connectivity index (χ4v) is 2.83. The molecule has 0 atom stereocenters. The summed E-state index contributed by atoms with van der Waals surface area (Å²) in [6, 6.07) is 10.4. The zero-order valence-corrected chi connectivity index (χ0v) is 16.1. The highest BCUT2D eigenvalue weighted by Gasteiger charge is 2.13. The van der Waals surface area contributed by atoms with Gasteiger partial charge in [0, 0.05) is 10.7 Å². The number of carbonyl (C=O) groups excluding carboxylic acids is 2. The molecule has 0 aromatic heterocycles. The van der Waals surface area contributed by atoms with Crippen LogP contribution in [0, 0.1) is 0 Å². The van der Waals surface area contributed by atoms with E-state index in [0.29, 0.717) is 16.5 Å². The molecule has 0 bridgehead atoms. The van der Waals surface area contributed by atoms with Crippen LogP contribution in [0.1, 0.15) is 10.4 Å². The Labute approximate surface area is 161 Å². The van der Waals surface area contributed by atoms with E-state index in [1.54, 1.807) is 12.1 Å². The number of halogens is 1. The molecule has 8 nitrogen and oxygen atoms in total. The monoisotopic (exact) mass is 412 g/mol. The Morgan fingerprint density at radius 2 is 1.89 bits per heavy atom. The molecular formula is C17H17ClN2O6S. The molecule has 0 heterocycles. The van der Waals surface area contributed by atoms with Gasteiger partial charge in [-0.15, -0.1) is 0 Å². The van der Waals surface area contributed by atoms with Gasteiger partial charge in [-0.2, -0.15) is 0 Å². The molecule has 1 amide bonds. The summed E-state index contributed by atoms with van der Waals surface area (Å²) in [4.78, 5) is 24.1. The van der Waals surface area contributed by atoms with E-state index in [2.05, 4.69) is 10.0 Å². The first-order chi connectivity index (χ1) is 12.7. The van der Waals surface area contributed by atoms with E-state index < -0.39 is 28.5 Å². The van der Waals surface area contributed by atoms with Crippen LogP contribution in [0.5, 0.6) is 5.75 Å². The van der Waals surface area contributed by atoms with Gasteiger partial charge in [-0.05, 0) is 36.4 Å². The predicted molar refractivity (Wildman–Crippen MR) is 102 cm³/mol. The van der Waals surface area contributed by atoms with Gasteiger partial charge in [-0.1, -0.05) is 17.7 Å². The Balaban J connectivity index is 1.98. The molecule has 0 saturated carbocycles. The molecule has 0 fully saturated rings. The summed E-state index contributed by atoms with van der Waals surface area (Å²) in [5.41, 5.74) is 0.641. The van der Waals surface area contributed by atoms with Crippen LogP contribution >= 0.6 is 11.6 Å². The van der Waals surface area contributed by atoms with Crippen molar-refractivity contribution in [3.05, 3.63) is 53.1 Å². The minimum absolute atomic E-state index is 0.0942. The van der Waals surface area contributed by atoms with Crippen molar-refractivity contribution >= 4 is 44.9 Å². The number of anilines is 2. The zero-order chi connectivity index (χ0) is 20.0. The van der Waals surface area contributed by atoms with Crippen LogP contribution in [0.3, 0.4) is 0 Å². The molecule has 10 heteroatoms. The lowest BCUT2D eigenvalue weighted by Gasteiger charge is -2.11. The van der Waals surface area contributed by atoms with Crippen molar-refractivity contribution in [1.29, 1.82) is 0 Å². The van der Waals surface area contributed by atoms with Crippen molar-refractivity contribution in [2.45, 2.75) is 0 Å². The standard InChI is InChI=1S/C17H17ClN2O6S/c1-25-15-7-6-12(18)9-14(15)19-16(21)10-26-17(22)11-4-3-5-13(8-11)20-27(2,23)24/h3-9,20H,10H2,1-2H3,(H,19,21). The van der Waals surface area contributed by atoms with Crippen molar-refractivity contribution in [1.82, 2.24) is 0 Å². The number of rotatable bonds is 7. The summed E-state index contributed by atoms with van der Waals surface area (Å²) in [5.74, 6) is -0.965. The van der Waals surface area contributed by atoms with Crippen molar-refractivity contribution in [2.24, 2.45) is 0 Å². The van der Waals surface area contributed by atoms with Crippen LogP contribution in [0.4, 0.5) is 11.4 Å². The molecule has 0 aliphatic heterocycles. The van der Waals surface area contributed by atoms with Crippen LogP contribution in [0.25, 0.3) is 0 Å². The van der Waals surface area contributed by atoms with E-state index in [1.165, 1.54) is 37.4 Å². The second-order valence-electron chi connectivity index (χ2n) is 5.42. The second-order valence-corrected chi connectivity index (χ2v) is 7.61. The maximum absolute atomic E-state index is 12.1. The summed E-state index contributed by atoms with van der Waals surface area (Å²) < 4.78 is 34.8. The van der Waals surface area contributed by atoms with Gasteiger partial charge in [0.15, 0.2) is 6.61 Å². The molecule has 0 aliphatic carbocycles. The van der Waals surface area contributed by atoms with Crippen molar-refractivity contribution in [2.75, 3.05) is 30.0 Å². The third-order valence-corrected chi connectivity index (χ3v) is 4.01. The van der Waals surface area contributed by atoms with Gasteiger partial charge in [0.1, 0.15) is 5.75 Å². The highest BCUT2D eigenvalue weighted by molar-refractivity contribution is 7.92. The second kappa shape index (κ2) is 8.74. The first kappa shape index (κ1) is 20.5. The van der Waals surface area contributed by atoms with Gasteiger partial charge < -0.3 is 14.8 Å². The van der Waals surface area contributed by atoms with Crippen LogP contribution in [-0.2, 0) is 19.6 Å². The van der Waals surface area contributed by atoms with Crippen molar-refractivity contribution < 1.29 is 27.5 Å². The fourth-order valence-electron chi connectivity index (χ4n) is 2.10. The van der Waals surface area contributed by atoms with Gasteiger partial charge in [-0.3, -0.25) is 9.52 Å². The maximum Gasteiger partial charge on any atom is 0.338 e. The minimum Gasteiger partial charge on any atom is -0.495 e. The Kier molecular flexibility index (Phi) is 6.65. The van der Waals surface area contributed by atoms with E-state index >= 15 is 0 Å². The van der Waals surface area contributed by atoms with Gasteiger partial charge in [0.05, 0.1) is 24.6 Å². The van der Waals surface area contributed by atoms with E-state index in [0.717, 1.165) is 6.26 Å². The third kappa shape index (κ3) is 6.46. The quantitative estimate of drug-likeness (QED) is 0.676. The van der Waals surface area contributed by atoms with E-state index in [-0.39, 0.29) is 11.3 Å². The maximum atomic E-state index is 12.1. The smallest absolute Gasteiger partial charge is 0.338 e. The van der Waals surface area contributed by atoms with Crippen LogP contribution < -0.4 is 14.8 Å². The average Bonchev–Trinajstić information content (AvgIpc) is 2.58. The van der Waals surface area contributed by atoms with Crippen molar-refractivity contribution in [3.8, 4) is 5.75 Å². The topological polar surface area (TPSA) is 111 Å². The Hall–Kier alpha value is -2.78. The van der Waals surface area contributed by atoms with Gasteiger partial charge in [0.25, 0.3) is 5.91 Å². The largest absolute Gasteiger partial charge is 0.495 e. The number of esters is 1.